The summed E-state index contributed by atoms with van der Waals surface area (Å²) in [5, 5.41) is 9.09. The number of pyridine rings is 1. The van der Waals surface area contributed by atoms with Crippen molar-refractivity contribution in [2.75, 3.05) is 4.90 Å². The Kier molecular flexibility index (Phi) is 3.05. The quantitative estimate of drug-likeness (QED) is 0.806. The number of nitrogens with zero attached hydrogens (tertiary/aromatic N) is 3. The number of nitriles is 1. The van der Waals surface area contributed by atoms with Gasteiger partial charge in [0.1, 0.15) is 17.6 Å². The molecular formula is C15H10F3N3. The van der Waals surface area contributed by atoms with Crippen molar-refractivity contribution in [1.82, 2.24) is 4.98 Å². The molecule has 2 heterocycles. The van der Waals surface area contributed by atoms with Crippen molar-refractivity contribution in [2.24, 2.45) is 0 Å². The molecule has 0 atom stereocenters. The number of aromatic nitrogens is 1. The van der Waals surface area contributed by atoms with E-state index >= 15 is 0 Å². The zero-order valence-electron chi connectivity index (χ0n) is 10.9. The maximum absolute atomic E-state index is 12.8. The highest BCUT2D eigenvalue weighted by Gasteiger charge is 2.34. The number of fused-ring (bicyclic) bond motifs is 1. The van der Waals surface area contributed by atoms with Gasteiger partial charge in [-0.2, -0.15) is 18.4 Å². The monoisotopic (exact) mass is 289 g/mol. The molecule has 1 aromatic carbocycles. The van der Waals surface area contributed by atoms with Gasteiger partial charge in [-0.25, -0.2) is 4.98 Å². The van der Waals surface area contributed by atoms with Crippen LogP contribution in [0.2, 0.25) is 0 Å². The summed E-state index contributed by atoms with van der Waals surface area (Å²) >= 11 is 0. The van der Waals surface area contributed by atoms with Gasteiger partial charge in [0, 0.05) is 13.1 Å². The van der Waals surface area contributed by atoms with E-state index in [9.17, 15) is 13.2 Å². The van der Waals surface area contributed by atoms with Gasteiger partial charge in [-0.05, 0) is 23.3 Å². The Bertz CT molecular complexity index is 707. The summed E-state index contributed by atoms with van der Waals surface area (Å²) < 4.78 is 38.4. The number of hydrogen-bond acceptors (Lipinski definition) is 3. The highest BCUT2D eigenvalue weighted by Crippen LogP contribution is 2.33. The Hall–Kier alpha value is -2.55. The summed E-state index contributed by atoms with van der Waals surface area (Å²) in [6, 6.07) is 11.5. The number of hydrogen-bond donors (Lipinski definition) is 0. The summed E-state index contributed by atoms with van der Waals surface area (Å²) in [6.45, 7) is 0.915. The van der Waals surface area contributed by atoms with Crippen molar-refractivity contribution in [3.8, 4) is 6.07 Å². The van der Waals surface area contributed by atoms with E-state index in [-0.39, 0.29) is 11.4 Å². The maximum Gasteiger partial charge on any atom is 0.433 e. The largest absolute Gasteiger partial charge is 0.433 e. The van der Waals surface area contributed by atoms with Crippen molar-refractivity contribution in [3.05, 3.63) is 58.8 Å². The number of anilines is 1. The molecule has 21 heavy (non-hydrogen) atoms. The van der Waals surface area contributed by atoms with Gasteiger partial charge in [0.15, 0.2) is 0 Å². The molecule has 1 aromatic heterocycles. The third kappa shape index (κ3) is 2.42. The Labute approximate surface area is 119 Å². The first-order valence-electron chi connectivity index (χ1n) is 6.29. The molecule has 0 amide bonds. The lowest BCUT2D eigenvalue weighted by atomic mass is 10.1. The Balaban J connectivity index is 2.01. The van der Waals surface area contributed by atoms with Crippen LogP contribution in [0.4, 0.5) is 19.0 Å². The van der Waals surface area contributed by atoms with Gasteiger partial charge in [0.2, 0.25) is 0 Å². The minimum atomic E-state index is -4.52. The fourth-order valence-corrected chi connectivity index (χ4v) is 2.42. The first kappa shape index (κ1) is 13.4. The second-order valence-corrected chi connectivity index (χ2v) is 4.80. The van der Waals surface area contributed by atoms with Crippen molar-refractivity contribution in [2.45, 2.75) is 19.3 Å². The second kappa shape index (κ2) is 4.77. The van der Waals surface area contributed by atoms with Crippen LogP contribution in [-0.2, 0) is 19.3 Å². The summed E-state index contributed by atoms with van der Waals surface area (Å²) in [7, 11) is 0. The molecule has 0 radical (unpaired) electrons. The Morgan fingerprint density at radius 2 is 1.67 bits per heavy atom. The standard InChI is InChI=1S/C15H10F3N3/c16-15(17,18)13-6-5-10(7-19)14(20-13)21-8-11-3-1-2-4-12(11)9-21/h1-6H,8-9H2. The average Bonchev–Trinajstić information content (AvgIpc) is 2.89. The third-order valence-corrected chi connectivity index (χ3v) is 3.43. The molecule has 0 saturated heterocycles. The first-order valence-corrected chi connectivity index (χ1v) is 6.29. The number of rotatable bonds is 1. The molecule has 1 aliphatic heterocycles. The lowest BCUT2D eigenvalue weighted by molar-refractivity contribution is -0.141. The van der Waals surface area contributed by atoms with Gasteiger partial charge >= 0.3 is 6.18 Å². The fourth-order valence-electron chi connectivity index (χ4n) is 2.42. The van der Waals surface area contributed by atoms with Crippen LogP contribution in [0.15, 0.2) is 36.4 Å². The van der Waals surface area contributed by atoms with E-state index in [1.165, 1.54) is 6.07 Å². The summed E-state index contributed by atoms with van der Waals surface area (Å²) in [5.41, 5.74) is 1.25. The molecule has 1 aliphatic rings. The van der Waals surface area contributed by atoms with E-state index in [2.05, 4.69) is 4.98 Å². The number of halogens is 3. The highest BCUT2D eigenvalue weighted by atomic mass is 19.4. The first-order chi connectivity index (χ1) is 9.99. The fraction of sp³-hybridized carbons (Fsp3) is 0.200. The third-order valence-electron chi connectivity index (χ3n) is 3.43. The van der Waals surface area contributed by atoms with Gasteiger partial charge in [-0.15, -0.1) is 0 Å². The predicted octanol–water partition coefficient (Wildman–Crippen LogP) is 3.49. The zero-order valence-corrected chi connectivity index (χ0v) is 10.9. The topological polar surface area (TPSA) is 39.9 Å². The van der Waals surface area contributed by atoms with E-state index in [0.717, 1.165) is 17.2 Å². The van der Waals surface area contributed by atoms with Crippen LogP contribution in [-0.4, -0.2) is 4.98 Å². The Morgan fingerprint density at radius 1 is 1.05 bits per heavy atom. The molecule has 3 nitrogen and oxygen atoms in total. The van der Waals surface area contributed by atoms with E-state index < -0.39 is 11.9 Å². The van der Waals surface area contributed by atoms with Gasteiger partial charge in [-0.3, -0.25) is 0 Å². The van der Waals surface area contributed by atoms with Crippen LogP contribution in [0.5, 0.6) is 0 Å². The average molecular weight is 289 g/mol. The van der Waals surface area contributed by atoms with Crippen LogP contribution in [0.3, 0.4) is 0 Å². The van der Waals surface area contributed by atoms with E-state index in [0.29, 0.717) is 13.1 Å². The molecule has 0 bridgehead atoms. The summed E-state index contributed by atoms with van der Waals surface area (Å²) in [4.78, 5) is 5.35. The second-order valence-electron chi connectivity index (χ2n) is 4.80. The van der Waals surface area contributed by atoms with Gasteiger partial charge < -0.3 is 4.90 Å². The number of benzene rings is 1. The maximum atomic E-state index is 12.8. The van der Waals surface area contributed by atoms with Crippen molar-refractivity contribution >= 4 is 5.82 Å². The normalized spacial score (nSPS) is 13.9. The predicted molar refractivity (Wildman–Crippen MR) is 70.3 cm³/mol. The van der Waals surface area contributed by atoms with Crippen molar-refractivity contribution in [3.63, 3.8) is 0 Å². The van der Waals surface area contributed by atoms with Crippen LogP contribution in [0, 0.1) is 11.3 Å². The van der Waals surface area contributed by atoms with Gasteiger partial charge in [0.05, 0.1) is 5.56 Å². The van der Waals surface area contributed by atoms with Crippen LogP contribution >= 0.6 is 0 Å². The summed E-state index contributed by atoms with van der Waals surface area (Å²) in [6.07, 6.45) is -4.52. The molecule has 2 aromatic rings. The smallest absolute Gasteiger partial charge is 0.347 e. The molecule has 106 valence electrons. The Morgan fingerprint density at radius 3 is 2.19 bits per heavy atom. The SMILES string of the molecule is N#Cc1ccc(C(F)(F)F)nc1N1Cc2ccccc2C1. The van der Waals surface area contributed by atoms with Crippen molar-refractivity contribution < 1.29 is 13.2 Å². The molecule has 0 unspecified atom stereocenters. The highest BCUT2D eigenvalue weighted by molar-refractivity contribution is 5.57. The lowest BCUT2D eigenvalue weighted by Gasteiger charge is -2.19. The van der Waals surface area contributed by atoms with E-state index in [1.807, 2.05) is 30.3 Å². The van der Waals surface area contributed by atoms with Gasteiger partial charge in [-0.1, -0.05) is 24.3 Å². The lowest BCUT2D eigenvalue weighted by Crippen LogP contribution is -2.20. The minimum absolute atomic E-state index is 0.0866. The molecule has 0 saturated carbocycles. The molecular weight excluding hydrogens is 279 g/mol. The van der Waals surface area contributed by atoms with Crippen molar-refractivity contribution in [1.29, 1.82) is 5.26 Å². The summed E-state index contributed by atoms with van der Waals surface area (Å²) in [5.74, 6) is 0.0866. The van der Waals surface area contributed by atoms with Crippen LogP contribution in [0.25, 0.3) is 0 Å². The zero-order chi connectivity index (χ0) is 15.0. The molecule has 0 N–H and O–H groups in total. The van der Waals surface area contributed by atoms with E-state index in [4.69, 9.17) is 5.26 Å². The van der Waals surface area contributed by atoms with Crippen LogP contribution in [0.1, 0.15) is 22.4 Å². The minimum Gasteiger partial charge on any atom is -0.347 e. The molecule has 6 heteroatoms. The van der Waals surface area contributed by atoms with E-state index in [1.54, 1.807) is 4.90 Å². The molecule has 0 aliphatic carbocycles. The van der Waals surface area contributed by atoms with Gasteiger partial charge in [0.25, 0.3) is 0 Å². The molecule has 0 fully saturated rings. The molecule has 0 spiro atoms. The number of alkyl halides is 3. The van der Waals surface area contributed by atoms with Crippen LogP contribution < -0.4 is 4.90 Å². The molecule has 3 rings (SSSR count).